The molecule has 1 atom stereocenters. The summed E-state index contributed by atoms with van der Waals surface area (Å²) in [7, 11) is 0. The molecule has 0 heterocycles. The first-order chi connectivity index (χ1) is 7.06. The summed E-state index contributed by atoms with van der Waals surface area (Å²) in [6.07, 6.45) is 5.34. The third-order valence-corrected chi connectivity index (χ3v) is 2.81. The monoisotopic (exact) mass is 198 g/mol. The summed E-state index contributed by atoms with van der Waals surface area (Å²) < 4.78 is 0. The molecule has 0 aliphatic carbocycles. The second-order valence-electron chi connectivity index (χ2n) is 4.21. The highest BCUT2D eigenvalue weighted by atomic mass is 14.1. The Kier molecular flexibility index (Phi) is 3.74. The number of hydrogen-bond donors (Lipinski definition) is 0. The molecule has 1 aromatic carbocycles. The molecule has 0 saturated carbocycles. The topological polar surface area (TPSA) is 0 Å². The lowest BCUT2D eigenvalue weighted by Crippen LogP contribution is -1.96. The van der Waals surface area contributed by atoms with Crippen molar-refractivity contribution in [1.82, 2.24) is 0 Å². The Morgan fingerprint density at radius 2 is 1.60 bits per heavy atom. The molecule has 1 rings (SSSR count). The largest absolute Gasteiger partial charge is 0.115 e. The number of benzene rings is 1. The van der Waals surface area contributed by atoms with Crippen LogP contribution in [0.5, 0.6) is 0 Å². The van der Waals surface area contributed by atoms with E-state index >= 15 is 0 Å². The van der Waals surface area contributed by atoms with Crippen molar-refractivity contribution >= 4 is 0 Å². The maximum atomic E-state index is 5.34. The highest BCUT2D eigenvalue weighted by Crippen LogP contribution is 2.24. The van der Waals surface area contributed by atoms with E-state index in [9.17, 15) is 0 Å². The minimum atomic E-state index is 0.246. The van der Waals surface area contributed by atoms with E-state index in [0.717, 1.165) is 5.57 Å². The molecule has 1 unspecified atom stereocenters. The Bertz CT molecular complexity index is 373. The lowest BCUT2D eigenvalue weighted by molar-refractivity contribution is 0.860. The fourth-order valence-corrected chi connectivity index (χ4v) is 1.50. The van der Waals surface area contributed by atoms with Crippen molar-refractivity contribution in [3.63, 3.8) is 0 Å². The van der Waals surface area contributed by atoms with Crippen molar-refractivity contribution in [2.75, 3.05) is 0 Å². The minimum absolute atomic E-state index is 0.246. The number of hydrogen-bond acceptors (Lipinski definition) is 0. The van der Waals surface area contributed by atoms with Gasteiger partial charge in [0, 0.05) is 11.5 Å². The van der Waals surface area contributed by atoms with Crippen LogP contribution in [0.15, 0.2) is 36.4 Å². The molecule has 0 nitrogen and oxygen atoms in total. The molecule has 78 valence electrons. The highest BCUT2D eigenvalue weighted by molar-refractivity contribution is 5.37. The van der Waals surface area contributed by atoms with Crippen LogP contribution >= 0.6 is 0 Å². The van der Waals surface area contributed by atoms with Gasteiger partial charge in [-0.25, -0.2) is 0 Å². The molecule has 0 amide bonds. The van der Waals surface area contributed by atoms with E-state index in [1.165, 1.54) is 11.1 Å². The van der Waals surface area contributed by atoms with Crippen molar-refractivity contribution in [3.05, 3.63) is 47.5 Å². The van der Waals surface area contributed by atoms with Crippen LogP contribution in [-0.4, -0.2) is 0 Å². The average molecular weight is 198 g/mol. The molecule has 0 bridgehead atoms. The van der Waals surface area contributed by atoms with Crippen LogP contribution in [0.25, 0.3) is 0 Å². The maximum Gasteiger partial charge on any atom is 0.0135 e. The van der Waals surface area contributed by atoms with Crippen LogP contribution in [0.2, 0.25) is 0 Å². The van der Waals surface area contributed by atoms with E-state index in [0.29, 0.717) is 5.92 Å². The highest BCUT2D eigenvalue weighted by Gasteiger charge is 2.07. The van der Waals surface area contributed by atoms with Crippen molar-refractivity contribution in [1.29, 1.82) is 0 Å². The van der Waals surface area contributed by atoms with Crippen LogP contribution in [0.3, 0.4) is 0 Å². The van der Waals surface area contributed by atoms with Gasteiger partial charge in [-0.1, -0.05) is 57.5 Å². The summed E-state index contributed by atoms with van der Waals surface area (Å²) in [4.78, 5) is 0. The summed E-state index contributed by atoms with van der Waals surface area (Å²) in [5, 5.41) is 0. The predicted molar refractivity (Wildman–Crippen MR) is 66.9 cm³/mol. The Morgan fingerprint density at radius 1 is 1.13 bits per heavy atom. The molecule has 0 spiro atoms. The second-order valence-corrected chi connectivity index (χ2v) is 4.21. The maximum absolute atomic E-state index is 5.34. The zero-order chi connectivity index (χ0) is 11.4. The smallest absolute Gasteiger partial charge is 0.0135 e. The zero-order valence-electron chi connectivity index (χ0n) is 9.75. The second kappa shape index (κ2) is 4.84. The van der Waals surface area contributed by atoms with Gasteiger partial charge < -0.3 is 0 Å². The van der Waals surface area contributed by atoms with E-state index in [1.807, 2.05) is 0 Å². The first-order valence-electron chi connectivity index (χ1n) is 5.31. The zero-order valence-corrected chi connectivity index (χ0v) is 9.75. The third-order valence-electron chi connectivity index (χ3n) is 2.81. The van der Waals surface area contributed by atoms with Crippen LogP contribution in [0.1, 0.15) is 43.7 Å². The van der Waals surface area contributed by atoms with Crippen LogP contribution in [0.4, 0.5) is 0 Å². The molecule has 0 N–H and O–H groups in total. The van der Waals surface area contributed by atoms with Gasteiger partial charge in [0.15, 0.2) is 0 Å². The summed E-state index contributed by atoms with van der Waals surface area (Å²) in [6.45, 7) is 10.3. The van der Waals surface area contributed by atoms with Gasteiger partial charge in [0.05, 0.1) is 0 Å². The Labute approximate surface area is 93.0 Å². The number of rotatable bonds is 3. The predicted octanol–water partition coefficient (Wildman–Crippen LogP) is 4.10. The van der Waals surface area contributed by atoms with Gasteiger partial charge in [-0.05, 0) is 17.0 Å². The van der Waals surface area contributed by atoms with E-state index in [-0.39, 0.29) is 5.92 Å². The first kappa shape index (κ1) is 11.6. The van der Waals surface area contributed by atoms with E-state index < -0.39 is 0 Å². The molecule has 15 heavy (non-hydrogen) atoms. The van der Waals surface area contributed by atoms with Gasteiger partial charge >= 0.3 is 0 Å². The van der Waals surface area contributed by atoms with Crippen molar-refractivity contribution in [3.8, 4) is 12.3 Å². The summed E-state index contributed by atoms with van der Waals surface area (Å²) in [5.41, 5.74) is 3.44. The van der Waals surface area contributed by atoms with Gasteiger partial charge in [0.25, 0.3) is 0 Å². The quantitative estimate of drug-likeness (QED) is 0.641. The van der Waals surface area contributed by atoms with Gasteiger partial charge in [-0.15, -0.1) is 6.42 Å². The van der Waals surface area contributed by atoms with E-state index in [4.69, 9.17) is 6.42 Å². The summed E-state index contributed by atoms with van der Waals surface area (Å²) in [6, 6.07) is 8.62. The molecule has 0 heteroatoms. The molecular weight excluding hydrogens is 180 g/mol. The molecule has 0 aliphatic heterocycles. The fraction of sp³-hybridized carbons (Fsp3) is 0.333. The standard InChI is InChI=1S/C15H18/c1-6-12(4)13(5)15-9-7-14(8-10-15)11(2)3/h1,7-11,13H,4H2,2-3,5H3. The Morgan fingerprint density at radius 3 is 2.00 bits per heavy atom. The Balaban J connectivity index is 2.90. The Hall–Kier alpha value is -1.48. The summed E-state index contributed by atoms with van der Waals surface area (Å²) in [5.74, 6) is 3.43. The molecule has 0 radical (unpaired) electrons. The van der Waals surface area contributed by atoms with Crippen LogP contribution < -0.4 is 0 Å². The molecule has 0 saturated heterocycles. The van der Waals surface area contributed by atoms with E-state index in [1.54, 1.807) is 0 Å². The summed E-state index contributed by atoms with van der Waals surface area (Å²) >= 11 is 0. The minimum Gasteiger partial charge on any atom is -0.115 e. The molecule has 0 aliphatic rings. The fourth-order valence-electron chi connectivity index (χ4n) is 1.50. The van der Waals surface area contributed by atoms with Gasteiger partial charge in [0.1, 0.15) is 0 Å². The molecule has 1 aromatic rings. The van der Waals surface area contributed by atoms with Gasteiger partial charge in [0.2, 0.25) is 0 Å². The lowest BCUT2D eigenvalue weighted by Gasteiger charge is -2.12. The number of allylic oxidation sites excluding steroid dienone is 1. The normalized spacial score (nSPS) is 12.2. The SMILES string of the molecule is C#CC(=C)C(C)c1ccc(C(C)C)cc1. The van der Waals surface area contributed by atoms with Crippen molar-refractivity contribution < 1.29 is 0 Å². The average Bonchev–Trinajstić information content (AvgIpc) is 2.27. The van der Waals surface area contributed by atoms with Gasteiger partial charge in [-0.3, -0.25) is 0 Å². The van der Waals surface area contributed by atoms with E-state index in [2.05, 4.69) is 57.5 Å². The van der Waals surface area contributed by atoms with Crippen molar-refractivity contribution in [2.45, 2.75) is 32.6 Å². The molecule has 0 fully saturated rings. The van der Waals surface area contributed by atoms with Gasteiger partial charge in [-0.2, -0.15) is 0 Å². The molecular formula is C15H18. The van der Waals surface area contributed by atoms with Crippen LogP contribution in [-0.2, 0) is 0 Å². The lowest BCUT2D eigenvalue weighted by atomic mass is 9.92. The third kappa shape index (κ3) is 2.73. The van der Waals surface area contributed by atoms with Crippen LogP contribution in [0, 0.1) is 12.3 Å². The number of terminal acetylenes is 1. The van der Waals surface area contributed by atoms with Crippen molar-refractivity contribution in [2.24, 2.45) is 0 Å². The first-order valence-corrected chi connectivity index (χ1v) is 5.31. The molecule has 0 aromatic heterocycles.